The number of H-pyrrole nitrogens is 4. The van der Waals surface area contributed by atoms with E-state index in [1.165, 1.54) is 49.8 Å². The van der Waals surface area contributed by atoms with E-state index in [2.05, 4.69) is 225 Å². The van der Waals surface area contributed by atoms with E-state index in [4.69, 9.17) is 4.74 Å². The minimum Gasteiger partial charge on any atom is -0.440 e. The Morgan fingerprint density at radius 2 is 1.02 bits per heavy atom. The zero-order valence-electron chi connectivity index (χ0n) is 40.7. The smallest absolute Gasteiger partial charge is 0.190 e. The number of aromatic nitrogens is 6. The van der Waals surface area contributed by atoms with Crippen LogP contribution in [-0.4, -0.2) is 30.1 Å². The summed E-state index contributed by atoms with van der Waals surface area (Å²) in [7, 11) is 0. The van der Waals surface area contributed by atoms with E-state index in [0.717, 1.165) is 28.9 Å². The normalized spacial score (nSPS) is 12.7. The van der Waals surface area contributed by atoms with Crippen LogP contribution in [0.3, 0.4) is 0 Å². The number of rotatable bonds is 1. The van der Waals surface area contributed by atoms with Gasteiger partial charge in [0.2, 0.25) is 0 Å². The first-order chi connectivity index (χ1) is 29.3. The summed E-state index contributed by atoms with van der Waals surface area (Å²) in [6, 6.07) is 32.0. The highest BCUT2D eigenvalue weighted by Crippen LogP contribution is 2.37. The molecule has 9 rings (SSSR count). The molecule has 8 nitrogen and oxygen atoms in total. The predicted octanol–water partition coefficient (Wildman–Crippen LogP) is 15.0. The van der Waals surface area contributed by atoms with Gasteiger partial charge in [0.25, 0.3) is 0 Å². The number of nitrogens with one attached hydrogen (secondary N) is 5. The first-order valence-electron chi connectivity index (χ1n) is 22.1. The summed E-state index contributed by atoms with van der Waals surface area (Å²) in [5, 5.41) is 12.5. The fraction of sp³-hybridized carbons (Fsp3) is 0.382. The van der Waals surface area contributed by atoms with Crippen molar-refractivity contribution < 1.29 is 4.74 Å². The van der Waals surface area contributed by atoms with E-state index < -0.39 is 0 Å². The molecule has 334 valence electrons. The number of benzene rings is 4. The molecule has 5 heterocycles. The van der Waals surface area contributed by atoms with E-state index >= 15 is 0 Å². The Hall–Kier alpha value is -6.02. The third-order valence-corrected chi connectivity index (χ3v) is 10.8. The number of ether oxygens (including phenoxy) is 1. The zero-order valence-corrected chi connectivity index (χ0v) is 40.7. The maximum Gasteiger partial charge on any atom is 0.190 e. The maximum absolute atomic E-state index is 5.44. The number of aromatic amines is 4. The van der Waals surface area contributed by atoms with Crippen molar-refractivity contribution in [3.8, 4) is 5.75 Å². The lowest BCUT2D eigenvalue weighted by atomic mass is 9.86. The Bertz CT molecular complexity index is 2490. The third-order valence-electron chi connectivity index (χ3n) is 10.8. The van der Waals surface area contributed by atoms with Crippen LogP contribution >= 0.6 is 0 Å². The molecule has 0 saturated carbocycles. The highest BCUT2D eigenvalue weighted by Gasteiger charge is 2.20. The Kier molecular flexibility index (Phi) is 14.6. The summed E-state index contributed by atoms with van der Waals surface area (Å²) in [6.45, 7) is 37.0. The first-order valence-corrected chi connectivity index (χ1v) is 22.1. The van der Waals surface area contributed by atoms with Gasteiger partial charge in [-0.2, -0.15) is 5.10 Å². The maximum atomic E-state index is 5.44. The SMILES string of the molecule is C=C1Nc2ccc(C(C)(C)C)cc2O1.CC(C)(C)Cc1ccn[nH]1.CC(C)(C)c1ccc2[nH]ccc2c1.CC(C)(C)c1ccc2[nH]ccc2c1.CC(C)(C)c1ccc2nc[nH]c2c1. The van der Waals surface area contributed by atoms with Gasteiger partial charge in [-0.25, -0.2) is 4.98 Å². The number of imidazole rings is 1. The monoisotopic (exact) mass is 848 g/mol. The van der Waals surface area contributed by atoms with Gasteiger partial charge in [-0.05, 0) is 140 Å². The summed E-state index contributed by atoms with van der Waals surface area (Å²) in [5.41, 5.74) is 13.4. The molecule has 8 aromatic rings. The van der Waals surface area contributed by atoms with Crippen LogP contribution in [0.5, 0.6) is 5.75 Å². The standard InChI is InChI=1S/C12H15NO.2C12H15N.C11H14N2.C8H14N2/c1-8-13-10-6-5-9(12(2,3)4)7-11(10)14-8;2*1-12(2,3)10-4-5-11-9(8-10)6-7-13-11;1-11(2,3)8-4-5-9-10(6-8)13-7-12-9;1-8(2,3)6-7-4-5-9-10-7/h5-7,13H,1H2,2-4H3;2*4-8,13H,1-3H3;4-7H,1-3H3,(H,12,13);4-5H,6H2,1-3H3,(H,9,10). The molecular formula is C55H73N7O. The lowest BCUT2D eigenvalue weighted by Crippen LogP contribution is -2.10. The van der Waals surface area contributed by atoms with Gasteiger partial charge in [0.05, 0.1) is 23.0 Å². The van der Waals surface area contributed by atoms with E-state index in [9.17, 15) is 0 Å². The fourth-order valence-electron chi connectivity index (χ4n) is 6.88. The van der Waals surface area contributed by atoms with Crippen molar-refractivity contribution in [3.63, 3.8) is 0 Å². The minimum absolute atomic E-state index is 0.155. The zero-order chi connectivity index (χ0) is 46.4. The summed E-state index contributed by atoms with van der Waals surface area (Å²) in [4.78, 5) is 13.7. The third kappa shape index (κ3) is 14.0. The van der Waals surface area contributed by atoms with Crippen LogP contribution in [0.15, 0.2) is 128 Å². The Balaban J connectivity index is 0.000000149. The van der Waals surface area contributed by atoms with E-state index in [1.54, 1.807) is 12.5 Å². The number of nitrogens with zero attached hydrogens (tertiary/aromatic N) is 2. The average Bonchev–Trinajstić information content (AvgIpc) is 4.03. The van der Waals surface area contributed by atoms with Gasteiger partial charge < -0.3 is 25.0 Å². The Labute approximate surface area is 376 Å². The van der Waals surface area contributed by atoms with E-state index in [-0.39, 0.29) is 21.7 Å². The summed E-state index contributed by atoms with van der Waals surface area (Å²) >= 11 is 0. The van der Waals surface area contributed by atoms with Gasteiger partial charge in [-0.3, -0.25) is 5.10 Å². The lowest BCUT2D eigenvalue weighted by Gasteiger charge is -2.19. The van der Waals surface area contributed by atoms with Crippen molar-refractivity contribution in [1.29, 1.82) is 0 Å². The topological polar surface area (TPSA) is 110 Å². The highest BCUT2D eigenvalue weighted by atomic mass is 16.5. The quantitative estimate of drug-likeness (QED) is 0.113. The molecule has 63 heavy (non-hydrogen) atoms. The molecule has 0 atom stereocenters. The molecule has 0 radical (unpaired) electrons. The van der Waals surface area contributed by atoms with Crippen LogP contribution in [-0.2, 0) is 28.1 Å². The van der Waals surface area contributed by atoms with Crippen molar-refractivity contribution >= 4 is 38.5 Å². The van der Waals surface area contributed by atoms with Crippen molar-refractivity contribution in [2.45, 2.75) is 132 Å². The molecule has 5 N–H and O–H groups in total. The highest BCUT2D eigenvalue weighted by molar-refractivity contribution is 5.81. The molecule has 1 aliphatic rings. The van der Waals surface area contributed by atoms with Crippen LogP contribution in [0.25, 0.3) is 32.8 Å². The summed E-state index contributed by atoms with van der Waals surface area (Å²) in [5.74, 6) is 1.48. The molecule has 1 aliphatic heterocycles. The fourth-order valence-corrected chi connectivity index (χ4v) is 6.88. The summed E-state index contributed by atoms with van der Waals surface area (Å²) < 4.78 is 5.44. The van der Waals surface area contributed by atoms with Gasteiger partial charge in [0.15, 0.2) is 11.6 Å². The molecular weight excluding hydrogens is 775 g/mol. The number of fused-ring (bicyclic) bond motifs is 4. The molecule has 0 spiro atoms. The molecule has 0 bridgehead atoms. The van der Waals surface area contributed by atoms with Crippen molar-refractivity contribution in [2.24, 2.45) is 5.41 Å². The Morgan fingerprint density at radius 1 is 0.524 bits per heavy atom. The second-order valence-corrected chi connectivity index (χ2v) is 21.9. The van der Waals surface area contributed by atoms with Crippen molar-refractivity contribution in [3.05, 3.63) is 156 Å². The molecule has 0 fully saturated rings. The lowest BCUT2D eigenvalue weighted by molar-refractivity contribution is 0.406. The van der Waals surface area contributed by atoms with Gasteiger partial charge in [0.1, 0.15) is 0 Å². The molecule has 4 aromatic heterocycles. The second kappa shape index (κ2) is 19.2. The molecule has 0 aliphatic carbocycles. The largest absolute Gasteiger partial charge is 0.440 e. The van der Waals surface area contributed by atoms with Crippen LogP contribution in [0.4, 0.5) is 5.69 Å². The van der Waals surface area contributed by atoms with E-state index in [0.29, 0.717) is 11.3 Å². The molecule has 0 amide bonds. The molecule has 4 aromatic carbocycles. The first kappa shape index (κ1) is 48.0. The molecule has 8 heteroatoms. The van der Waals surface area contributed by atoms with Crippen LogP contribution < -0.4 is 10.1 Å². The van der Waals surface area contributed by atoms with Crippen molar-refractivity contribution in [1.82, 2.24) is 30.1 Å². The Morgan fingerprint density at radius 3 is 1.51 bits per heavy atom. The van der Waals surface area contributed by atoms with Gasteiger partial charge in [0, 0.05) is 35.3 Å². The molecule has 0 unspecified atom stereocenters. The van der Waals surface area contributed by atoms with E-state index in [1.807, 2.05) is 24.5 Å². The second-order valence-electron chi connectivity index (χ2n) is 21.9. The van der Waals surface area contributed by atoms with Crippen LogP contribution in [0, 0.1) is 5.41 Å². The number of hydrogen-bond acceptors (Lipinski definition) is 4. The van der Waals surface area contributed by atoms with Crippen molar-refractivity contribution in [2.75, 3.05) is 5.32 Å². The molecule has 0 saturated heterocycles. The van der Waals surface area contributed by atoms with Crippen LogP contribution in [0.2, 0.25) is 0 Å². The number of anilines is 1. The minimum atomic E-state index is 0.155. The predicted molar refractivity (Wildman–Crippen MR) is 269 cm³/mol. The number of hydrogen-bond donors (Lipinski definition) is 5. The van der Waals surface area contributed by atoms with Crippen LogP contribution in [0.1, 0.15) is 132 Å². The average molecular weight is 848 g/mol. The van der Waals surface area contributed by atoms with Gasteiger partial charge in [-0.15, -0.1) is 0 Å². The summed E-state index contributed by atoms with van der Waals surface area (Å²) in [6.07, 6.45) is 8.55. The van der Waals surface area contributed by atoms with Gasteiger partial charge in [-0.1, -0.05) is 128 Å². The van der Waals surface area contributed by atoms with Gasteiger partial charge >= 0.3 is 0 Å².